The molecule has 0 aromatic heterocycles. The van der Waals surface area contributed by atoms with Crippen LogP contribution < -0.4 is 0 Å². The molecule has 0 aromatic carbocycles. The molecular formula is C13H20O. The topological polar surface area (TPSA) is 17.1 Å². The smallest absolute Gasteiger partial charge is 0.140 e. The number of carbonyl (C=O) groups excluding carboxylic acids is 1. The van der Waals surface area contributed by atoms with Gasteiger partial charge in [-0.15, -0.1) is 0 Å². The lowest BCUT2D eigenvalue weighted by atomic mass is 9.94. The van der Waals surface area contributed by atoms with E-state index in [-0.39, 0.29) is 0 Å². The maximum Gasteiger partial charge on any atom is 0.140 e. The molecule has 78 valence electrons. The van der Waals surface area contributed by atoms with Crippen molar-refractivity contribution in [3.63, 3.8) is 0 Å². The Hall–Kier alpha value is -0.850. The van der Waals surface area contributed by atoms with Crippen LogP contribution in [0.5, 0.6) is 0 Å². The van der Waals surface area contributed by atoms with Crippen molar-refractivity contribution >= 4 is 5.78 Å². The maximum absolute atomic E-state index is 11.6. The molecule has 0 bridgehead atoms. The number of allylic oxidation sites excluding steroid dienone is 3. The highest BCUT2D eigenvalue weighted by molar-refractivity contribution is 5.82. The molecule has 0 amide bonds. The van der Waals surface area contributed by atoms with Gasteiger partial charge in [0.15, 0.2) is 0 Å². The summed E-state index contributed by atoms with van der Waals surface area (Å²) in [6.07, 6.45) is 9.25. The highest BCUT2D eigenvalue weighted by atomic mass is 16.1. The Labute approximate surface area is 86.9 Å². The van der Waals surface area contributed by atoms with Crippen LogP contribution in [0.1, 0.15) is 51.9 Å². The third kappa shape index (κ3) is 3.91. The predicted octanol–water partition coefficient (Wildman–Crippen LogP) is 3.80. The van der Waals surface area contributed by atoms with Gasteiger partial charge in [0, 0.05) is 12.8 Å². The lowest BCUT2D eigenvalue weighted by molar-refractivity contribution is -0.117. The van der Waals surface area contributed by atoms with E-state index in [0.717, 1.165) is 24.8 Å². The van der Waals surface area contributed by atoms with Crippen LogP contribution in [0.2, 0.25) is 0 Å². The summed E-state index contributed by atoms with van der Waals surface area (Å²) in [7, 11) is 0. The third-order valence-electron chi connectivity index (χ3n) is 2.76. The zero-order valence-electron chi connectivity index (χ0n) is 9.14. The van der Waals surface area contributed by atoms with E-state index in [0.29, 0.717) is 18.6 Å². The molecule has 0 saturated carbocycles. The predicted molar refractivity (Wildman–Crippen MR) is 60.2 cm³/mol. The largest absolute Gasteiger partial charge is 0.299 e. The van der Waals surface area contributed by atoms with Gasteiger partial charge in [-0.25, -0.2) is 0 Å². The summed E-state index contributed by atoms with van der Waals surface area (Å²) >= 11 is 0. The Balaban J connectivity index is 2.32. The molecule has 0 radical (unpaired) electrons. The van der Waals surface area contributed by atoms with Crippen molar-refractivity contribution in [1.82, 2.24) is 0 Å². The molecule has 0 saturated heterocycles. The molecule has 14 heavy (non-hydrogen) atoms. The van der Waals surface area contributed by atoms with Gasteiger partial charge in [0.25, 0.3) is 0 Å². The summed E-state index contributed by atoms with van der Waals surface area (Å²) in [5.41, 5.74) is 2.41. The fourth-order valence-electron chi connectivity index (χ4n) is 1.78. The average molecular weight is 192 g/mol. The van der Waals surface area contributed by atoms with Gasteiger partial charge in [0.2, 0.25) is 0 Å². The normalized spacial score (nSPS) is 16.2. The number of rotatable bonds is 5. The van der Waals surface area contributed by atoms with Crippen molar-refractivity contribution in [3.05, 3.63) is 23.8 Å². The van der Waals surface area contributed by atoms with Gasteiger partial charge in [-0.1, -0.05) is 30.7 Å². The first kappa shape index (κ1) is 11.2. The summed E-state index contributed by atoms with van der Waals surface area (Å²) in [5.74, 6) is 0.338. The first-order valence-corrected chi connectivity index (χ1v) is 5.58. The molecular weight excluding hydrogens is 172 g/mol. The van der Waals surface area contributed by atoms with Gasteiger partial charge in [-0.3, -0.25) is 4.79 Å². The van der Waals surface area contributed by atoms with E-state index < -0.39 is 0 Å². The van der Waals surface area contributed by atoms with Crippen LogP contribution >= 0.6 is 0 Å². The Kier molecular flexibility index (Phi) is 4.64. The highest BCUT2D eigenvalue weighted by Crippen LogP contribution is 2.21. The molecule has 0 aromatic rings. The van der Waals surface area contributed by atoms with Crippen LogP contribution in [0.25, 0.3) is 0 Å². The molecule has 1 heteroatoms. The molecule has 0 unspecified atom stereocenters. The van der Waals surface area contributed by atoms with Crippen LogP contribution in [-0.2, 0) is 4.79 Å². The van der Waals surface area contributed by atoms with E-state index in [1.54, 1.807) is 0 Å². The highest BCUT2D eigenvalue weighted by Gasteiger charge is 2.09. The molecule has 0 spiro atoms. The second-order valence-electron chi connectivity index (χ2n) is 4.10. The third-order valence-corrected chi connectivity index (χ3v) is 2.76. The summed E-state index contributed by atoms with van der Waals surface area (Å²) in [6.45, 7) is 5.92. The molecule has 1 rings (SSSR count). The summed E-state index contributed by atoms with van der Waals surface area (Å²) in [4.78, 5) is 11.6. The van der Waals surface area contributed by atoms with Crippen molar-refractivity contribution in [2.45, 2.75) is 51.9 Å². The minimum absolute atomic E-state index is 0.338. The average Bonchev–Trinajstić information content (AvgIpc) is 2.19. The molecule has 1 aliphatic rings. The van der Waals surface area contributed by atoms with Crippen LogP contribution in [0, 0.1) is 0 Å². The van der Waals surface area contributed by atoms with Gasteiger partial charge >= 0.3 is 0 Å². The first-order chi connectivity index (χ1) is 6.72. The molecule has 1 nitrogen and oxygen atoms in total. The van der Waals surface area contributed by atoms with Crippen LogP contribution in [-0.4, -0.2) is 5.78 Å². The number of hydrogen-bond acceptors (Lipinski definition) is 1. The van der Waals surface area contributed by atoms with Crippen LogP contribution in [0.4, 0.5) is 0 Å². The molecule has 0 fully saturated rings. The molecule has 1 aliphatic carbocycles. The fourth-order valence-corrected chi connectivity index (χ4v) is 1.78. The second-order valence-corrected chi connectivity index (χ2v) is 4.10. The lowest BCUT2D eigenvalue weighted by Gasteiger charge is -2.11. The fraction of sp³-hybridized carbons (Fsp3) is 0.615. The number of ketones is 1. The van der Waals surface area contributed by atoms with Crippen LogP contribution in [0.3, 0.4) is 0 Å². The SMILES string of the molecule is C=C(CC)CC(=O)CC1=CCCCC1. The Morgan fingerprint density at radius 3 is 2.86 bits per heavy atom. The van der Waals surface area contributed by atoms with Crippen molar-refractivity contribution < 1.29 is 4.79 Å². The summed E-state index contributed by atoms with van der Waals surface area (Å²) in [5, 5.41) is 0. The number of Topliss-reactive ketones (excluding diaryl/α,β-unsaturated/α-hetero) is 1. The van der Waals surface area contributed by atoms with Crippen LogP contribution in [0.15, 0.2) is 23.8 Å². The Morgan fingerprint density at radius 2 is 2.29 bits per heavy atom. The van der Waals surface area contributed by atoms with Gasteiger partial charge in [-0.05, 0) is 32.1 Å². The van der Waals surface area contributed by atoms with E-state index in [4.69, 9.17) is 0 Å². The van der Waals surface area contributed by atoms with Crippen molar-refractivity contribution in [1.29, 1.82) is 0 Å². The summed E-state index contributed by atoms with van der Waals surface area (Å²) in [6, 6.07) is 0. The molecule has 0 N–H and O–H groups in total. The number of hydrogen-bond donors (Lipinski definition) is 0. The van der Waals surface area contributed by atoms with Gasteiger partial charge in [0.05, 0.1) is 0 Å². The Bertz CT molecular complexity index is 248. The van der Waals surface area contributed by atoms with Crippen molar-refractivity contribution in [3.8, 4) is 0 Å². The number of carbonyl (C=O) groups is 1. The van der Waals surface area contributed by atoms with Gasteiger partial charge in [0.1, 0.15) is 5.78 Å². The standard InChI is InChI=1S/C13H20O/c1-3-11(2)9-13(14)10-12-7-5-4-6-8-12/h7H,2-6,8-10H2,1H3. The second kappa shape index (κ2) is 5.79. The zero-order valence-corrected chi connectivity index (χ0v) is 9.14. The van der Waals surface area contributed by atoms with E-state index in [9.17, 15) is 4.79 Å². The van der Waals surface area contributed by atoms with Crippen molar-refractivity contribution in [2.75, 3.05) is 0 Å². The van der Waals surface area contributed by atoms with E-state index in [2.05, 4.69) is 19.6 Å². The molecule has 0 aliphatic heterocycles. The minimum atomic E-state index is 0.338. The first-order valence-electron chi connectivity index (χ1n) is 5.58. The van der Waals surface area contributed by atoms with Gasteiger partial charge in [-0.2, -0.15) is 0 Å². The maximum atomic E-state index is 11.6. The monoisotopic (exact) mass is 192 g/mol. The molecule has 0 atom stereocenters. The minimum Gasteiger partial charge on any atom is -0.299 e. The molecule has 0 heterocycles. The van der Waals surface area contributed by atoms with E-state index in [1.807, 2.05) is 0 Å². The van der Waals surface area contributed by atoms with E-state index >= 15 is 0 Å². The van der Waals surface area contributed by atoms with Gasteiger partial charge < -0.3 is 0 Å². The quantitative estimate of drug-likeness (QED) is 0.605. The Morgan fingerprint density at radius 1 is 1.50 bits per heavy atom. The summed E-state index contributed by atoms with van der Waals surface area (Å²) < 4.78 is 0. The van der Waals surface area contributed by atoms with Crippen molar-refractivity contribution in [2.24, 2.45) is 0 Å². The lowest BCUT2D eigenvalue weighted by Crippen LogP contribution is -2.03. The van der Waals surface area contributed by atoms with E-state index in [1.165, 1.54) is 18.4 Å². The zero-order chi connectivity index (χ0) is 10.4.